The predicted molar refractivity (Wildman–Crippen MR) is 537 cm³/mol. The Hall–Kier alpha value is -10.2. The van der Waals surface area contributed by atoms with Gasteiger partial charge in [0.2, 0.25) is 0 Å². The fraction of sp³-hybridized carbons (Fsp3) is 0.495. The van der Waals surface area contributed by atoms with E-state index in [4.69, 9.17) is 56.8 Å². The number of benzene rings is 9. The summed E-state index contributed by atoms with van der Waals surface area (Å²) in [6.07, 6.45) is 16.6. The number of hydrogen-bond acceptors (Lipinski definition) is 21. The number of methoxy groups -OCH3 is 4. The molecule has 0 radical (unpaired) electrons. The van der Waals surface area contributed by atoms with Crippen molar-refractivity contribution in [1.29, 1.82) is 0 Å². The Morgan fingerprint density at radius 1 is 0.371 bits per heavy atom. The van der Waals surface area contributed by atoms with Crippen LogP contribution in [0.15, 0.2) is 158 Å². The fourth-order valence-corrected chi connectivity index (χ4v) is 14.7. The Bertz CT molecular complexity index is 4560. The van der Waals surface area contributed by atoms with E-state index < -0.39 is 0 Å². The summed E-state index contributed by atoms with van der Waals surface area (Å²) in [5, 5.41) is 69.5. The molecule has 0 saturated heterocycles. The summed E-state index contributed by atoms with van der Waals surface area (Å²) in [4.78, 5) is 24.3. The third kappa shape index (κ3) is 37.7. The Kier molecular flexibility index (Phi) is 59.6. The minimum absolute atomic E-state index is 0. The summed E-state index contributed by atoms with van der Waals surface area (Å²) in [6, 6.07) is 49.4. The van der Waals surface area contributed by atoms with Gasteiger partial charge in [-0.2, -0.15) is 0 Å². The van der Waals surface area contributed by atoms with Gasteiger partial charge in [0.05, 0.1) is 77.0 Å². The maximum absolute atomic E-state index is 12.6. The van der Waals surface area contributed by atoms with Crippen LogP contribution in [0.2, 0.25) is 0 Å². The fourth-order valence-electron chi connectivity index (χ4n) is 14.7. The molecule has 21 heteroatoms. The van der Waals surface area contributed by atoms with Crippen LogP contribution in [0.4, 0.5) is 0 Å². The average Bonchev–Trinajstić information content (AvgIpc) is 0.786. The monoisotopic (exact) mass is 1840 g/mol. The lowest BCUT2D eigenvalue weighted by molar-refractivity contribution is -0.138. The number of ether oxygens (including phenoxy) is 12. The van der Waals surface area contributed by atoms with Gasteiger partial charge in [0.25, 0.3) is 0 Å². The van der Waals surface area contributed by atoms with Crippen LogP contribution >= 0.6 is 0 Å². The average molecular weight is 1840 g/mol. The minimum atomic E-state index is -0.389. The summed E-state index contributed by atoms with van der Waals surface area (Å²) in [7, 11) is 6.41. The van der Waals surface area contributed by atoms with Crippen LogP contribution in [-0.2, 0) is 106 Å². The Balaban J connectivity index is 0.00000174. The van der Waals surface area contributed by atoms with Crippen LogP contribution in [0.25, 0.3) is 11.1 Å². The van der Waals surface area contributed by atoms with E-state index in [-0.39, 0.29) is 153 Å². The van der Waals surface area contributed by atoms with Crippen molar-refractivity contribution in [2.75, 3.05) is 48.3 Å². The highest BCUT2D eigenvalue weighted by Gasteiger charge is 2.24. The number of hydrogen-bond donors (Lipinski definition) is 7. The van der Waals surface area contributed by atoms with Crippen LogP contribution in [0.3, 0.4) is 0 Å². The van der Waals surface area contributed by atoms with E-state index in [9.17, 15) is 45.3 Å². The summed E-state index contributed by atoms with van der Waals surface area (Å²) >= 11 is 0. The zero-order valence-electron chi connectivity index (χ0n) is 75.1. The van der Waals surface area contributed by atoms with Gasteiger partial charge in [-0.3, -0.25) is 4.79 Å². The molecule has 9 aromatic carbocycles. The Morgan fingerprint density at radius 2 is 0.735 bits per heavy atom. The van der Waals surface area contributed by atoms with Crippen molar-refractivity contribution in [3.05, 3.63) is 247 Å². The molecule has 2 aliphatic rings. The van der Waals surface area contributed by atoms with E-state index in [1.807, 2.05) is 87.5 Å². The highest BCUT2D eigenvalue weighted by Crippen LogP contribution is 2.40. The molecule has 7 N–H and O–H groups in total. The zero-order valence-corrected chi connectivity index (χ0v) is 75.1. The first-order chi connectivity index (χ1) is 60.0. The molecule has 21 nitrogen and oxygen atoms in total. The first kappa shape index (κ1) is 122. The van der Waals surface area contributed by atoms with Crippen molar-refractivity contribution in [2.24, 2.45) is 11.8 Å². The van der Waals surface area contributed by atoms with E-state index in [2.05, 4.69) is 77.9 Å². The Morgan fingerprint density at radius 3 is 1.18 bits per heavy atom. The number of esters is 2. The molecule has 2 fully saturated rings. The van der Waals surface area contributed by atoms with Gasteiger partial charge in [0, 0.05) is 78.5 Å². The smallest absolute Gasteiger partial charge is 0.338 e. The van der Waals surface area contributed by atoms with E-state index >= 15 is 0 Å². The zero-order chi connectivity index (χ0) is 89.5. The SMILES string of the molecule is C.C.C.C.C.C.C.C.CCC(C)C(=O)Oc1ccc(OCc2cc(C)cc(CO)c2O)cc1.CCC(C)c1ccc(C(=O)OCCOc2c(COC)cc(-c3cc(COC)c(O)c(COC)c3)cc2COC)cc1.CCC(C)c1ccc(OCc2cc(CO)c(O)c(CO)c2)cc1.CCC(C)c1ccc(OCc2cc(COC3CCCCC3)c(O)c(OCC3CCCCC3)c2)cc1. The molecular weight excluding hydrogens is 1670 g/mol. The van der Waals surface area contributed by atoms with Gasteiger partial charge < -0.3 is 92.6 Å². The summed E-state index contributed by atoms with van der Waals surface area (Å²) in [5.41, 5.74) is 14.5. The number of aryl methyl sites for hydroxylation is 1. The summed E-state index contributed by atoms with van der Waals surface area (Å²) in [5.74, 6) is 5.56. The maximum atomic E-state index is 12.6. The number of phenols is 4. The number of phenolic OH excluding ortho intramolecular Hbond substituents is 2. The van der Waals surface area contributed by atoms with E-state index in [1.54, 1.807) is 83.0 Å². The number of aliphatic hydroxyl groups is 3. The third-order valence-electron chi connectivity index (χ3n) is 23.0. The van der Waals surface area contributed by atoms with E-state index in [0.29, 0.717) is 131 Å². The topological polar surface area (TPSA) is 287 Å². The third-order valence-corrected chi connectivity index (χ3v) is 23.0. The lowest BCUT2D eigenvalue weighted by atomic mass is 9.90. The highest BCUT2D eigenvalue weighted by atomic mass is 16.6. The van der Waals surface area contributed by atoms with Crippen LogP contribution in [0.5, 0.6) is 57.5 Å². The largest absolute Gasteiger partial charge is 0.507 e. The molecule has 9 aromatic rings. The summed E-state index contributed by atoms with van der Waals surface area (Å²) in [6.45, 7) is 21.3. The number of aromatic hydroxyl groups is 4. The normalized spacial score (nSPS) is 12.9. The molecule has 2 saturated carbocycles. The second-order valence-corrected chi connectivity index (χ2v) is 32.4. The predicted octanol–water partition coefficient (Wildman–Crippen LogP) is 27.0. The molecule has 4 unspecified atom stereocenters. The Labute approximate surface area is 793 Å². The van der Waals surface area contributed by atoms with Gasteiger partial charge in [0.1, 0.15) is 79.0 Å². The number of carbonyl (C=O) groups excluding carboxylic acids is 2. The van der Waals surface area contributed by atoms with Crippen molar-refractivity contribution in [1.82, 2.24) is 0 Å². The first-order valence-corrected chi connectivity index (χ1v) is 43.8. The minimum Gasteiger partial charge on any atom is -0.507 e. The lowest BCUT2D eigenvalue weighted by Crippen LogP contribution is -2.17. The van der Waals surface area contributed by atoms with Crippen molar-refractivity contribution < 1.29 is 102 Å². The molecular formula is C111H166O21. The first-order valence-electron chi connectivity index (χ1n) is 43.8. The number of carbonyl (C=O) groups is 2. The molecule has 736 valence electrons. The van der Waals surface area contributed by atoms with Crippen molar-refractivity contribution in [3.8, 4) is 68.6 Å². The number of aliphatic hydroxyl groups excluding tert-OH is 3. The summed E-state index contributed by atoms with van der Waals surface area (Å²) < 4.78 is 68.4. The molecule has 132 heavy (non-hydrogen) atoms. The molecule has 0 aliphatic heterocycles. The standard InChI is InChI=1S/C33H42O8.C31H44O4.C20H24O5.C19H24O4.8CH4/c1-7-22(2)23-8-10-24(11-9-23)33(35)41-13-12-40-32-29(20-38-5)16-26(17-30(32)21-39-6)25-14-27(18-36-3)31(34)28(15-25)19-37-4;1-3-23(2)26-14-16-29(17-15-26)33-21-25-18-27(22-34-28-12-8-5-9-13-28)31(32)30(19-25)35-20-24-10-6-4-7-11-24;1-4-14(3)20(23)25-18-7-5-17(6-8-18)24-12-16-10-13(2)9-15(11-21)19(16)22;1-3-13(2)15-4-6-18(7-5-15)23-12-14-8-16(10-20)19(22)17(9-14)11-21;;;;;;;;/h8-11,14-17,22,34H,7,12-13,18-21H2,1-6H3;14-19,23-24,28,32H,3-13,20-22H2,1-2H3;5-10,14,21-22H,4,11-12H2,1-3H3;4-9,13,20-22H,3,10-12H2,1-2H3;8*1H4. The maximum Gasteiger partial charge on any atom is 0.338 e. The van der Waals surface area contributed by atoms with Gasteiger partial charge >= 0.3 is 11.9 Å². The molecule has 0 amide bonds. The molecule has 0 aromatic heterocycles. The van der Waals surface area contributed by atoms with Gasteiger partial charge in [0.15, 0.2) is 11.5 Å². The van der Waals surface area contributed by atoms with Gasteiger partial charge in [-0.25, -0.2) is 4.79 Å². The van der Waals surface area contributed by atoms with Gasteiger partial charge in [-0.15, -0.1) is 0 Å². The van der Waals surface area contributed by atoms with Crippen LogP contribution in [0.1, 0.15) is 316 Å². The van der Waals surface area contributed by atoms with Crippen molar-refractivity contribution in [3.63, 3.8) is 0 Å². The molecule has 4 atom stereocenters. The quantitative estimate of drug-likeness (QED) is 0.0106. The van der Waals surface area contributed by atoms with Crippen LogP contribution < -0.4 is 28.4 Å². The second-order valence-electron chi connectivity index (χ2n) is 32.4. The second kappa shape index (κ2) is 64.6. The van der Waals surface area contributed by atoms with Crippen LogP contribution in [-0.4, -0.2) is 102 Å². The van der Waals surface area contributed by atoms with Crippen molar-refractivity contribution >= 4 is 11.9 Å². The van der Waals surface area contributed by atoms with Gasteiger partial charge in [-0.1, -0.05) is 201 Å². The lowest BCUT2D eigenvalue weighted by Gasteiger charge is -2.24. The molecule has 0 heterocycles. The molecule has 0 spiro atoms. The van der Waals surface area contributed by atoms with Gasteiger partial charge in [-0.05, 0) is 236 Å². The molecule has 0 bridgehead atoms. The molecule has 2 aliphatic carbocycles. The van der Waals surface area contributed by atoms with Crippen LogP contribution in [0, 0.1) is 18.8 Å². The van der Waals surface area contributed by atoms with E-state index in [0.717, 1.165) is 94.5 Å². The number of rotatable bonds is 41. The van der Waals surface area contributed by atoms with E-state index in [1.165, 1.54) is 68.1 Å². The highest BCUT2D eigenvalue weighted by molar-refractivity contribution is 5.89. The van der Waals surface area contributed by atoms with Crippen molar-refractivity contribution in [2.45, 2.75) is 308 Å². The molecule has 11 rings (SSSR count).